The Morgan fingerprint density at radius 2 is 2.29 bits per heavy atom. The average Bonchev–Trinajstić information content (AvgIpc) is 3.08. The topological polar surface area (TPSA) is 103 Å². The molecule has 2 saturated heterocycles. The quantitative estimate of drug-likeness (QED) is 0.635. The summed E-state index contributed by atoms with van der Waals surface area (Å²) >= 11 is 1.22. The van der Waals surface area contributed by atoms with Gasteiger partial charge in [-0.1, -0.05) is 6.07 Å². The smallest absolute Gasteiger partial charge is 0.260 e. The van der Waals surface area contributed by atoms with E-state index in [0.29, 0.717) is 13.0 Å². The Morgan fingerprint density at radius 1 is 1.54 bits per heavy atom. The van der Waals surface area contributed by atoms with Crippen molar-refractivity contribution in [3.05, 3.63) is 30.1 Å². The third kappa shape index (κ3) is 2.36. The normalized spacial score (nSPS) is 32.9. The van der Waals surface area contributed by atoms with Gasteiger partial charge < -0.3 is 4.90 Å². The van der Waals surface area contributed by atoms with Crippen LogP contribution in [0, 0.1) is 16.7 Å². The molecule has 0 saturated carbocycles. The molecule has 3 unspecified atom stereocenters. The summed E-state index contributed by atoms with van der Waals surface area (Å²) in [5.41, 5.74) is 0.107. The van der Waals surface area contributed by atoms with Crippen molar-refractivity contribution in [3.8, 4) is 6.07 Å². The molecule has 3 heterocycles. The maximum absolute atomic E-state index is 13.2. The van der Waals surface area contributed by atoms with E-state index >= 15 is 0 Å². The van der Waals surface area contributed by atoms with E-state index in [0.717, 1.165) is 10.6 Å². The summed E-state index contributed by atoms with van der Waals surface area (Å²) in [7, 11) is 0. The van der Waals surface area contributed by atoms with Crippen molar-refractivity contribution >= 4 is 23.6 Å². The van der Waals surface area contributed by atoms with Gasteiger partial charge in [-0.05, 0) is 31.9 Å². The van der Waals surface area contributed by atoms with Crippen LogP contribution in [0.5, 0.6) is 0 Å². The highest BCUT2D eigenvalue weighted by molar-refractivity contribution is 8.02. The molecule has 0 aliphatic carbocycles. The van der Waals surface area contributed by atoms with Crippen LogP contribution in [0.2, 0.25) is 0 Å². The summed E-state index contributed by atoms with van der Waals surface area (Å²) in [6.45, 7) is 3.96. The summed E-state index contributed by atoms with van der Waals surface area (Å²) in [4.78, 5) is 29.7. The van der Waals surface area contributed by atoms with Crippen LogP contribution in [0.3, 0.4) is 0 Å². The number of hydrazine groups is 1. The van der Waals surface area contributed by atoms with Crippen LogP contribution in [-0.2, 0) is 9.59 Å². The summed E-state index contributed by atoms with van der Waals surface area (Å²) in [6, 6.07) is 5.60. The highest BCUT2D eigenvalue weighted by atomic mass is 32.2. The summed E-state index contributed by atoms with van der Waals surface area (Å²) in [6.07, 6.45) is 3.90. The van der Waals surface area contributed by atoms with Gasteiger partial charge in [-0.25, -0.2) is 5.84 Å². The van der Waals surface area contributed by atoms with Crippen LogP contribution in [0.1, 0.15) is 31.9 Å². The van der Waals surface area contributed by atoms with Gasteiger partial charge in [-0.15, -0.1) is 11.8 Å². The molecule has 2 aliphatic heterocycles. The van der Waals surface area contributed by atoms with Gasteiger partial charge in [0.2, 0.25) is 5.91 Å². The van der Waals surface area contributed by atoms with Crippen molar-refractivity contribution in [3.63, 3.8) is 0 Å². The predicted molar refractivity (Wildman–Crippen MR) is 88.9 cm³/mol. The fourth-order valence-electron chi connectivity index (χ4n) is 3.39. The van der Waals surface area contributed by atoms with Gasteiger partial charge >= 0.3 is 0 Å². The maximum Gasteiger partial charge on any atom is 0.260 e. The van der Waals surface area contributed by atoms with E-state index in [1.54, 1.807) is 30.3 Å². The SMILES string of the molecule is CC1(C#N)CCN(C(=O)C2(C)SCC(=O)N2N)C1c1cccnc1. The van der Waals surface area contributed by atoms with E-state index < -0.39 is 16.3 Å². The van der Waals surface area contributed by atoms with Crippen LogP contribution in [0.4, 0.5) is 0 Å². The van der Waals surface area contributed by atoms with E-state index in [9.17, 15) is 14.9 Å². The number of hydrogen-bond acceptors (Lipinski definition) is 6. The zero-order valence-corrected chi connectivity index (χ0v) is 14.4. The van der Waals surface area contributed by atoms with Crippen molar-refractivity contribution in [1.29, 1.82) is 5.26 Å². The highest BCUT2D eigenvalue weighted by Gasteiger charge is 2.55. The van der Waals surface area contributed by atoms with Crippen LogP contribution < -0.4 is 5.84 Å². The number of pyridine rings is 1. The molecule has 3 rings (SSSR count). The van der Waals surface area contributed by atoms with Crippen molar-refractivity contribution in [2.45, 2.75) is 31.2 Å². The molecule has 0 bridgehead atoms. The van der Waals surface area contributed by atoms with Gasteiger partial charge in [0.05, 0.1) is 23.3 Å². The number of carbonyl (C=O) groups excluding carboxylic acids is 2. The van der Waals surface area contributed by atoms with Crippen LogP contribution in [0.15, 0.2) is 24.5 Å². The number of hydrogen-bond donors (Lipinski definition) is 1. The second-order valence-corrected chi connectivity index (χ2v) is 7.87. The fourth-order valence-corrected chi connectivity index (χ4v) is 4.42. The lowest BCUT2D eigenvalue weighted by atomic mass is 9.81. The first kappa shape index (κ1) is 16.7. The highest BCUT2D eigenvalue weighted by Crippen LogP contribution is 2.49. The molecule has 7 nitrogen and oxygen atoms in total. The first-order valence-electron chi connectivity index (χ1n) is 7.67. The van der Waals surface area contributed by atoms with E-state index in [-0.39, 0.29) is 17.6 Å². The van der Waals surface area contributed by atoms with Gasteiger partial charge in [0.25, 0.3) is 5.91 Å². The van der Waals surface area contributed by atoms with Gasteiger partial charge in [-0.3, -0.25) is 19.6 Å². The number of carbonyl (C=O) groups is 2. The standard InChI is InChI=1S/C16H19N5O2S/c1-15(10-17)5-7-20(13(15)11-4-3-6-19-8-11)14(23)16(2)21(18)12(22)9-24-16/h3-4,6,8,13H,5,7,9,18H2,1-2H3. The Bertz CT molecular complexity index is 721. The largest absolute Gasteiger partial charge is 0.331 e. The third-order valence-corrected chi connectivity index (χ3v) is 6.23. The van der Waals surface area contributed by atoms with Gasteiger partial charge in [0, 0.05) is 18.9 Å². The minimum absolute atomic E-state index is 0.180. The Balaban J connectivity index is 1.99. The molecular weight excluding hydrogens is 326 g/mol. The first-order chi connectivity index (χ1) is 11.3. The maximum atomic E-state index is 13.2. The molecule has 126 valence electrons. The minimum Gasteiger partial charge on any atom is -0.331 e. The monoisotopic (exact) mass is 345 g/mol. The number of rotatable bonds is 2. The number of nitriles is 1. The van der Waals surface area contributed by atoms with Crippen molar-refractivity contribution in [1.82, 2.24) is 14.9 Å². The molecule has 1 aromatic rings. The van der Waals surface area contributed by atoms with Crippen LogP contribution in [0.25, 0.3) is 0 Å². The summed E-state index contributed by atoms with van der Waals surface area (Å²) in [5.74, 6) is 5.52. The molecule has 24 heavy (non-hydrogen) atoms. The Hall–Kier alpha value is -2.11. The van der Waals surface area contributed by atoms with Crippen LogP contribution >= 0.6 is 11.8 Å². The van der Waals surface area contributed by atoms with Gasteiger partial charge in [-0.2, -0.15) is 5.26 Å². The van der Waals surface area contributed by atoms with Gasteiger partial charge in [0.1, 0.15) is 0 Å². The molecule has 0 spiro atoms. The molecule has 2 fully saturated rings. The second-order valence-electron chi connectivity index (χ2n) is 6.50. The Morgan fingerprint density at radius 3 is 2.83 bits per heavy atom. The van der Waals surface area contributed by atoms with E-state index in [4.69, 9.17) is 5.84 Å². The zero-order chi connectivity index (χ0) is 17.5. The number of aromatic nitrogens is 1. The lowest BCUT2D eigenvalue weighted by Gasteiger charge is -2.37. The molecule has 0 aromatic carbocycles. The zero-order valence-electron chi connectivity index (χ0n) is 13.6. The van der Waals surface area contributed by atoms with E-state index in [1.807, 2.05) is 13.0 Å². The second kappa shape index (κ2) is 5.76. The Labute approximate surface area is 144 Å². The van der Waals surface area contributed by atoms with Gasteiger partial charge in [0.15, 0.2) is 4.87 Å². The first-order valence-corrected chi connectivity index (χ1v) is 8.66. The van der Waals surface area contributed by atoms with E-state index in [2.05, 4.69) is 11.1 Å². The predicted octanol–water partition coefficient (Wildman–Crippen LogP) is 1.05. The summed E-state index contributed by atoms with van der Waals surface area (Å²) < 4.78 is 0. The molecular formula is C16H19N5O2S. The average molecular weight is 345 g/mol. The molecule has 1 aromatic heterocycles. The van der Waals surface area contributed by atoms with Crippen molar-refractivity contribution < 1.29 is 9.59 Å². The van der Waals surface area contributed by atoms with Crippen molar-refractivity contribution in [2.24, 2.45) is 11.3 Å². The number of nitrogens with zero attached hydrogens (tertiary/aromatic N) is 4. The summed E-state index contributed by atoms with van der Waals surface area (Å²) in [5, 5.41) is 10.7. The molecule has 8 heteroatoms. The number of amides is 2. The molecule has 2 N–H and O–H groups in total. The Kier molecular flexibility index (Phi) is 4.01. The molecule has 2 aliphatic rings. The van der Waals surface area contributed by atoms with Crippen molar-refractivity contribution in [2.75, 3.05) is 12.3 Å². The van der Waals surface area contributed by atoms with Crippen LogP contribution in [-0.4, -0.2) is 43.9 Å². The lowest BCUT2D eigenvalue weighted by Crippen LogP contribution is -2.57. The molecule has 0 radical (unpaired) electrons. The number of likely N-dealkylation sites (tertiary alicyclic amines) is 1. The number of thioether (sulfide) groups is 1. The van der Waals surface area contributed by atoms with E-state index in [1.165, 1.54) is 11.8 Å². The lowest BCUT2D eigenvalue weighted by molar-refractivity contribution is -0.146. The fraction of sp³-hybridized carbons (Fsp3) is 0.500. The third-order valence-electron chi connectivity index (χ3n) is 4.91. The molecule has 2 amide bonds. The molecule has 3 atom stereocenters. The minimum atomic E-state index is -1.14. The number of nitrogens with two attached hydrogens (primary N) is 1.